The van der Waals surface area contributed by atoms with Crippen LogP contribution in [0.5, 0.6) is 0 Å². The molecule has 0 aromatic carbocycles. The Morgan fingerprint density at radius 1 is 1.27 bits per heavy atom. The monoisotopic (exact) mass is 366 g/mol. The lowest BCUT2D eigenvalue weighted by atomic mass is 9.42. The van der Waals surface area contributed by atoms with Crippen LogP contribution in [-0.2, 0) is 19.1 Å². The summed E-state index contributed by atoms with van der Waals surface area (Å²) in [5.74, 6) is -0.843. The number of carbonyl (C=O) groups is 3. The Labute approximate surface area is 152 Å². The van der Waals surface area contributed by atoms with Crippen LogP contribution in [0, 0.1) is 22.7 Å². The van der Waals surface area contributed by atoms with Gasteiger partial charge in [-0.25, -0.2) is 0 Å². The largest absolute Gasteiger partial charge is 0.483 e. The molecule has 1 heterocycles. The average Bonchev–Trinajstić information content (AvgIpc) is 2.82. The highest BCUT2D eigenvalue weighted by atomic mass is 16.5. The van der Waals surface area contributed by atoms with Crippen LogP contribution < -0.4 is 0 Å². The molecule has 1 aliphatic heterocycles. The van der Waals surface area contributed by atoms with Gasteiger partial charge in [0.15, 0.2) is 5.78 Å². The van der Waals surface area contributed by atoms with E-state index in [2.05, 4.69) is 0 Å². The first kappa shape index (κ1) is 19.2. The molecule has 1 spiro atoms. The van der Waals surface area contributed by atoms with E-state index in [-0.39, 0.29) is 30.6 Å². The van der Waals surface area contributed by atoms with Crippen molar-refractivity contribution >= 4 is 18.0 Å². The van der Waals surface area contributed by atoms with E-state index in [1.807, 2.05) is 20.8 Å². The smallest absolute Gasteiger partial charge is 0.290 e. The molecule has 0 amide bonds. The lowest BCUT2D eigenvalue weighted by Crippen LogP contribution is -2.67. The van der Waals surface area contributed by atoms with E-state index < -0.39 is 34.6 Å². The third-order valence-electron chi connectivity index (χ3n) is 7.13. The molecule has 4 rings (SSSR count). The number of allylic oxidation sites excluding steroid dienone is 1. The molecule has 2 bridgehead atoms. The Kier molecular flexibility index (Phi) is 4.41. The lowest BCUT2D eigenvalue weighted by Gasteiger charge is -2.60. The van der Waals surface area contributed by atoms with Crippen LogP contribution in [0.2, 0.25) is 0 Å². The topological polar surface area (TPSA) is 121 Å². The van der Waals surface area contributed by atoms with Crippen LogP contribution in [-0.4, -0.2) is 57.8 Å². The number of rotatable bonds is 0. The summed E-state index contributed by atoms with van der Waals surface area (Å²) in [6.45, 7) is 5.70. The molecule has 2 saturated carbocycles. The van der Waals surface area contributed by atoms with E-state index in [4.69, 9.17) is 14.6 Å². The Morgan fingerprint density at radius 2 is 1.88 bits per heavy atom. The summed E-state index contributed by atoms with van der Waals surface area (Å²) < 4.78 is 5.92. The van der Waals surface area contributed by atoms with Gasteiger partial charge in [0.2, 0.25) is 0 Å². The Morgan fingerprint density at radius 3 is 2.50 bits per heavy atom. The first-order valence-electron chi connectivity index (χ1n) is 8.89. The Balaban J connectivity index is 0.000000613. The summed E-state index contributed by atoms with van der Waals surface area (Å²) in [7, 11) is 0. The minimum atomic E-state index is -1.18. The second-order valence-electron chi connectivity index (χ2n) is 8.67. The van der Waals surface area contributed by atoms with Gasteiger partial charge in [-0.05, 0) is 32.3 Å². The second-order valence-corrected chi connectivity index (χ2v) is 8.67. The van der Waals surface area contributed by atoms with Gasteiger partial charge in [0.1, 0.15) is 11.9 Å². The second kappa shape index (κ2) is 5.97. The number of carbonyl (C=O) groups excluding carboxylic acids is 2. The highest BCUT2D eigenvalue weighted by Gasteiger charge is 2.72. The number of Topliss-reactive ketones (excluding diaryl/α,β-unsaturated/α-hetero) is 1. The van der Waals surface area contributed by atoms with Gasteiger partial charge in [-0.3, -0.25) is 14.4 Å². The summed E-state index contributed by atoms with van der Waals surface area (Å²) in [5.41, 5.74) is -1.23. The zero-order valence-corrected chi connectivity index (χ0v) is 15.3. The highest BCUT2D eigenvalue weighted by Crippen LogP contribution is 2.66. The third kappa shape index (κ3) is 2.33. The van der Waals surface area contributed by atoms with E-state index >= 15 is 0 Å². The van der Waals surface area contributed by atoms with Gasteiger partial charge >= 0.3 is 0 Å². The molecule has 3 fully saturated rings. The van der Waals surface area contributed by atoms with Gasteiger partial charge in [-0.1, -0.05) is 12.5 Å². The number of carboxylic acid groups (broad SMARTS) is 1. The maximum atomic E-state index is 13.0. The van der Waals surface area contributed by atoms with Gasteiger partial charge in [-0.15, -0.1) is 0 Å². The van der Waals surface area contributed by atoms with Crippen molar-refractivity contribution in [1.82, 2.24) is 0 Å². The number of hydrogen-bond acceptors (Lipinski definition) is 6. The molecular weight excluding hydrogens is 340 g/mol. The molecule has 7 atom stereocenters. The van der Waals surface area contributed by atoms with E-state index in [1.54, 1.807) is 0 Å². The molecule has 5 unspecified atom stereocenters. The Bertz CT molecular complexity index is 685. The third-order valence-corrected chi connectivity index (χ3v) is 7.13. The number of ketones is 2. The lowest BCUT2D eigenvalue weighted by molar-refractivity contribution is -0.188. The van der Waals surface area contributed by atoms with Crippen molar-refractivity contribution in [3.63, 3.8) is 0 Å². The fourth-order valence-corrected chi connectivity index (χ4v) is 6.24. The number of fused-ring (bicyclic) bond motifs is 3. The predicted molar refractivity (Wildman–Crippen MR) is 90.2 cm³/mol. The average molecular weight is 366 g/mol. The van der Waals surface area contributed by atoms with E-state index in [0.717, 1.165) is 5.57 Å². The van der Waals surface area contributed by atoms with Crippen molar-refractivity contribution in [2.24, 2.45) is 22.7 Å². The van der Waals surface area contributed by atoms with Crippen LogP contribution in [0.15, 0.2) is 11.6 Å². The van der Waals surface area contributed by atoms with Gasteiger partial charge in [0.25, 0.3) is 6.47 Å². The standard InChI is InChI=1S/C18H24O5.CH2O2/c1-9-4-11(19)15(22)17(3)10(9)5-13(21)18-7-16(2,23-8-18)6-12(20)14(17)18;2-1-3/h4,10,12,14-15,20,22H,5-8H2,1-3H3;1H,(H,2,3)/t10-,12?,14+,15?,16?,17?,18?;/m0./s1. The van der Waals surface area contributed by atoms with Crippen LogP contribution in [0.1, 0.15) is 40.0 Å². The molecule has 3 aliphatic carbocycles. The van der Waals surface area contributed by atoms with Gasteiger partial charge in [0, 0.05) is 24.2 Å². The molecule has 3 N–H and O–H groups in total. The summed E-state index contributed by atoms with van der Waals surface area (Å²) in [6, 6.07) is 0. The zero-order valence-electron chi connectivity index (χ0n) is 15.3. The van der Waals surface area contributed by atoms with Gasteiger partial charge in [0.05, 0.1) is 23.7 Å². The van der Waals surface area contributed by atoms with Crippen LogP contribution in [0.3, 0.4) is 0 Å². The van der Waals surface area contributed by atoms with Crippen molar-refractivity contribution in [2.75, 3.05) is 6.61 Å². The normalized spacial score (nSPS) is 49.3. The molecule has 7 heteroatoms. The number of ether oxygens (including phenoxy) is 1. The maximum Gasteiger partial charge on any atom is 0.290 e. The molecule has 1 saturated heterocycles. The highest BCUT2D eigenvalue weighted by molar-refractivity contribution is 5.97. The van der Waals surface area contributed by atoms with E-state index in [9.17, 15) is 19.8 Å². The number of aliphatic hydroxyl groups excluding tert-OH is 2. The van der Waals surface area contributed by atoms with Crippen molar-refractivity contribution in [3.8, 4) is 0 Å². The first-order chi connectivity index (χ1) is 12.1. The Hall–Kier alpha value is -1.57. The van der Waals surface area contributed by atoms with E-state index in [1.165, 1.54) is 6.08 Å². The molecule has 0 aromatic heterocycles. The summed E-state index contributed by atoms with van der Waals surface area (Å²) in [4.78, 5) is 33.7. The number of hydrogen-bond donors (Lipinski definition) is 3. The quantitative estimate of drug-likeness (QED) is 0.540. The van der Waals surface area contributed by atoms with Crippen LogP contribution in [0.25, 0.3) is 0 Å². The van der Waals surface area contributed by atoms with Crippen molar-refractivity contribution < 1.29 is 34.4 Å². The molecular formula is C19H26O7. The van der Waals surface area contributed by atoms with Crippen molar-refractivity contribution in [3.05, 3.63) is 11.6 Å². The van der Waals surface area contributed by atoms with Gasteiger partial charge < -0.3 is 20.1 Å². The van der Waals surface area contributed by atoms with Crippen molar-refractivity contribution in [2.45, 2.75) is 57.8 Å². The molecule has 0 radical (unpaired) electrons. The fourth-order valence-electron chi connectivity index (χ4n) is 6.24. The molecule has 7 nitrogen and oxygen atoms in total. The van der Waals surface area contributed by atoms with E-state index in [0.29, 0.717) is 19.3 Å². The molecule has 4 aliphatic rings. The fraction of sp³-hybridized carbons (Fsp3) is 0.737. The summed E-state index contributed by atoms with van der Waals surface area (Å²) in [6.07, 6.45) is 0.872. The van der Waals surface area contributed by atoms with Gasteiger partial charge in [-0.2, -0.15) is 0 Å². The number of aliphatic hydroxyl groups is 2. The molecule has 144 valence electrons. The summed E-state index contributed by atoms with van der Waals surface area (Å²) in [5, 5.41) is 28.5. The minimum Gasteiger partial charge on any atom is -0.483 e. The van der Waals surface area contributed by atoms with Crippen LogP contribution in [0.4, 0.5) is 0 Å². The minimum absolute atomic E-state index is 0.113. The maximum absolute atomic E-state index is 13.0. The first-order valence-corrected chi connectivity index (χ1v) is 8.89. The molecule has 26 heavy (non-hydrogen) atoms. The summed E-state index contributed by atoms with van der Waals surface area (Å²) >= 11 is 0. The predicted octanol–water partition coefficient (Wildman–Crippen LogP) is 0.719. The molecule has 0 aromatic rings. The van der Waals surface area contributed by atoms with Crippen molar-refractivity contribution in [1.29, 1.82) is 0 Å². The van der Waals surface area contributed by atoms with Crippen LogP contribution >= 0.6 is 0 Å². The zero-order chi connectivity index (χ0) is 19.5. The SMILES string of the molecule is CC1=CC(=O)C(O)C2(C)[C@H]1CC(=O)C13COC(C)(CC(O)[C@@H]12)C3.O=CO.